The van der Waals surface area contributed by atoms with Gasteiger partial charge in [-0.1, -0.05) is 26.8 Å². The normalized spacial score (nSPS) is 24.0. The fourth-order valence-electron chi connectivity index (χ4n) is 3.05. The second-order valence-electron chi connectivity index (χ2n) is 6.20. The number of hydrogen-bond donors (Lipinski definition) is 1. The Hall–Kier alpha value is -0.0169. The summed E-state index contributed by atoms with van der Waals surface area (Å²) in [4.78, 5) is -0.0266. The summed E-state index contributed by atoms with van der Waals surface area (Å²) in [5.74, 6) is 0. The quantitative estimate of drug-likeness (QED) is 0.259. The van der Waals surface area contributed by atoms with Crippen LogP contribution in [0.25, 0.3) is 0 Å². The predicted octanol–water partition coefficient (Wildman–Crippen LogP) is -1.53. The summed E-state index contributed by atoms with van der Waals surface area (Å²) in [7, 11) is -4.01. The van der Waals surface area contributed by atoms with Gasteiger partial charge < -0.3 is 24.8 Å². The van der Waals surface area contributed by atoms with Crippen molar-refractivity contribution in [2.24, 2.45) is 0 Å². The topological polar surface area (TPSA) is 54.4 Å². The smallest absolute Gasteiger partial charge is 1.00 e. The number of halogens is 2. The van der Waals surface area contributed by atoms with Gasteiger partial charge in [-0.25, -0.2) is 0 Å². The summed E-state index contributed by atoms with van der Waals surface area (Å²) >= 11 is 0. The molecule has 2 atom stereocenters. The summed E-state index contributed by atoms with van der Waals surface area (Å²) < 4.78 is 30.7. The average molecular weight is 521 g/mol. The average Bonchev–Trinajstić information content (AvgIpc) is 3.18. The van der Waals surface area contributed by atoms with Crippen molar-refractivity contribution in [1.29, 1.82) is 0 Å². The molecule has 0 saturated heterocycles. The van der Waals surface area contributed by atoms with E-state index in [1.807, 2.05) is 0 Å². The molecule has 0 saturated carbocycles. The molecule has 0 aromatic carbocycles. The minimum absolute atomic E-state index is 0. The van der Waals surface area contributed by atoms with Crippen molar-refractivity contribution in [2.45, 2.75) is 26.4 Å². The standard InChI is InChI=1S/C10H12P.C9H7O3S.2ClH.Zr/c1-7-4-9-6-8(2)11(3)10(9)5-7;1-6-5-9(13(10,11)12)8-4-2-3-7(6)8;;;/h5-6,8H,1-3H3;2,4-5H,1H3,(H,10,11,12);2*1H;/q2*-1;;;+4/p-2. The molecule has 3 aliphatic carbocycles. The zero-order valence-electron chi connectivity index (χ0n) is 15.3. The van der Waals surface area contributed by atoms with Gasteiger partial charge >= 0.3 is 26.2 Å². The molecule has 0 amide bonds. The van der Waals surface area contributed by atoms with E-state index in [4.69, 9.17) is 4.55 Å². The minimum Gasteiger partial charge on any atom is -1.00 e. The molecule has 0 spiro atoms. The van der Waals surface area contributed by atoms with E-state index in [2.05, 4.69) is 44.8 Å². The molecule has 0 radical (unpaired) electrons. The molecule has 4 aliphatic rings. The molecule has 0 aromatic rings. The number of hydrogen-bond acceptors (Lipinski definition) is 2. The molecule has 1 aliphatic heterocycles. The van der Waals surface area contributed by atoms with Gasteiger partial charge in [-0.2, -0.15) is 38.3 Å². The Balaban J connectivity index is 0.000000455. The van der Waals surface area contributed by atoms with Gasteiger partial charge in [0.1, 0.15) is 0 Å². The summed E-state index contributed by atoms with van der Waals surface area (Å²) in [6, 6.07) is 0. The van der Waals surface area contributed by atoms with Crippen LogP contribution in [-0.2, 0) is 36.3 Å². The summed E-state index contributed by atoms with van der Waals surface area (Å²) in [6.07, 6.45) is 15.7. The van der Waals surface area contributed by atoms with Crippen molar-refractivity contribution in [1.82, 2.24) is 0 Å². The fourth-order valence-corrected chi connectivity index (χ4v) is 5.54. The monoisotopic (exact) mass is 518 g/mol. The van der Waals surface area contributed by atoms with E-state index in [-0.39, 0.29) is 63.8 Å². The van der Waals surface area contributed by atoms with Crippen LogP contribution in [0, 0.1) is 12.2 Å². The Bertz CT molecular complexity index is 938. The van der Waals surface area contributed by atoms with Gasteiger partial charge in [0, 0.05) is 4.91 Å². The van der Waals surface area contributed by atoms with Crippen molar-refractivity contribution in [2.75, 3.05) is 6.66 Å². The Morgan fingerprint density at radius 2 is 1.81 bits per heavy atom. The molecule has 8 heteroatoms. The van der Waals surface area contributed by atoms with E-state index in [0.717, 1.165) is 16.8 Å². The van der Waals surface area contributed by atoms with Crippen molar-refractivity contribution in [3.63, 3.8) is 0 Å². The Morgan fingerprint density at radius 3 is 2.37 bits per heavy atom. The third-order valence-electron chi connectivity index (χ3n) is 4.39. The second kappa shape index (κ2) is 10.1. The van der Waals surface area contributed by atoms with Gasteiger partial charge in [-0.15, -0.1) is 47.7 Å². The van der Waals surface area contributed by atoms with Crippen LogP contribution in [-0.4, -0.2) is 25.3 Å². The van der Waals surface area contributed by atoms with Crippen molar-refractivity contribution in [3.05, 3.63) is 80.6 Å². The van der Waals surface area contributed by atoms with Crippen molar-refractivity contribution >= 4 is 18.0 Å². The second-order valence-corrected chi connectivity index (χ2v) is 10.1. The van der Waals surface area contributed by atoms with E-state index in [0.29, 0.717) is 5.57 Å². The van der Waals surface area contributed by atoms with Crippen LogP contribution < -0.4 is 24.8 Å². The Kier molecular flexibility index (Phi) is 10.1. The molecule has 2 unspecified atom stereocenters. The maximum atomic E-state index is 10.9. The van der Waals surface area contributed by atoms with Crippen LogP contribution >= 0.6 is 7.92 Å². The van der Waals surface area contributed by atoms with Gasteiger partial charge in [-0.05, 0) is 12.3 Å². The molecule has 1 heterocycles. The van der Waals surface area contributed by atoms with E-state index in [1.54, 1.807) is 24.4 Å². The van der Waals surface area contributed by atoms with Gasteiger partial charge in [-0.3, -0.25) is 4.55 Å². The molecular weight excluding hydrogens is 501 g/mol. The van der Waals surface area contributed by atoms with Crippen LogP contribution in [0.3, 0.4) is 0 Å². The molecule has 0 bridgehead atoms. The Labute approximate surface area is 194 Å². The first-order valence-corrected chi connectivity index (χ1v) is 11.0. The van der Waals surface area contributed by atoms with Crippen LogP contribution in [0.4, 0.5) is 0 Å². The Morgan fingerprint density at radius 1 is 1.19 bits per heavy atom. The van der Waals surface area contributed by atoms with Crippen molar-refractivity contribution in [3.8, 4) is 0 Å². The van der Waals surface area contributed by atoms with E-state index < -0.39 is 10.1 Å². The van der Waals surface area contributed by atoms with Gasteiger partial charge in [0.05, 0.1) is 0 Å². The molecule has 1 N–H and O–H groups in total. The third-order valence-corrected chi connectivity index (χ3v) is 7.79. The summed E-state index contributed by atoms with van der Waals surface area (Å²) in [6.45, 7) is 8.57. The maximum Gasteiger partial charge on any atom is 4.00 e. The number of rotatable bonds is 1. The van der Waals surface area contributed by atoms with E-state index >= 15 is 0 Å². The molecule has 3 nitrogen and oxygen atoms in total. The van der Waals surface area contributed by atoms with Crippen LogP contribution in [0.1, 0.15) is 20.8 Å². The van der Waals surface area contributed by atoms with Crippen molar-refractivity contribution < 1.29 is 64.0 Å². The third kappa shape index (κ3) is 5.53. The minimum atomic E-state index is -4.10. The molecular formula is C19H19Cl2O3PSZr. The first-order valence-electron chi connectivity index (χ1n) is 7.66. The molecule has 27 heavy (non-hydrogen) atoms. The zero-order chi connectivity index (χ0) is 17.6. The van der Waals surface area contributed by atoms with E-state index in [1.165, 1.54) is 17.2 Å². The fraction of sp³-hybridized carbons (Fsp3) is 0.263. The maximum absolute atomic E-state index is 10.9. The van der Waals surface area contributed by atoms with Crippen LogP contribution in [0.15, 0.2) is 68.5 Å². The zero-order valence-corrected chi connectivity index (χ0v) is 21.0. The van der Waals surface area contributed by atoms with E-state index in [9.17, 15) is 8.42 Å². The number of fused-ring (bicyclic) bond motifs is 2. The molecule has 4 rings (SSSR count). The summed E-state index contributed by atoms with van der Waals surface area (Å²) in [5, 5.41) is 1.56. The predicted molar refractivity (Wildman–Crippen MR) is 99.1 cm³/mol. The SMILES string of the molecule is CC1=C2[C-]=CC=C2C(S(=O)(=O)O)=C1.CC1=[C-]C2=CC(C)P(C)C2=C1.[Cl-].[Cl-].[Zr+4]. The molecule has 142 valence electrons. The van der Waals surface area contributed by atoms with Gasteiger partial charge in [0.15, 0.2) is 0 Å². The first kappa shape index (κ1) is 27.0. The first-order chi connectivity index (χ1) is 11.2. The van der Waals surface area contributed by atoms with Gasteiger partial charge in [0.25, 0.3) is 10.1 Å². The van der Waals surface area contributed by atoms with Crippen LogP contribution in [0.5, 0.6) is 0 Å². The van der Waals surface area contributed by atoms with Crippen LogP contribution in [0.2, 0.25) is 0 Å². The van der Waals surface area contributed by atoms with Gasteiger partial charge in [0.2, 0.25) is 0 Å². The molecule has 0 aromatic heterocycles. The molecule has 0 fully saturated rings. The summed E-state index contributed by atoms with van der Waals surface area (Å²) in [5.41, 5.74) is 5.56. The number of allylic oxidation sites excluding steroid dienone is 13. The largest absolute Gasteiger partial charge is 4.00 e.